The number of rotatable bonds is 2. The van der Waals surface area contributed by atoms with Gasteiger partial charge in [-0.15, -0.1) is 0 Å². The smallest absolute Gasteiger partial charge is 0.215 e. The van der Waals surface area contributed by atoms with Gasteiger partial charge in [0.15, 0.2) is 5.82 Å². The Kier molecular flexibility index (Phi) is 2.59. The summed E-state index contributed by atoms with van der Waals surface area (Å²) in [5.74, 6) is 0.721. The Labute approximate surface area is 90.8 Å². The molecule has 0 aliphatic rings. The first-order valence-corrected chi connectivity index (χ1v) is 4.63. The van der Waals surface area contributed by atoms with E-state index in [1.54, 1.807) is 24.3 Å². The van der Waals surface area contributed by atoms with Crippen molar-refractivity contribution in [2.24, 2.45) is 0 Å². The molecule has 0 unspecified atom stereocenters. The fourth-order valence-electron chi connectivity index (χ4n) is 1.10. The van der Waals surface area contributed by atoms with E-state index in [2.05, 4.69) is 20.5 Å². The number of hydrogen-bond acceptors (Lipinski definition) is 5. The number of aromatic nitrogens is 3. The molecule has 1 heterocycles. The van der Waals surface area contributed by atoms with E-state index in [0.717, 1.165) is 5.69 Å². The Morgan fingerprint density at radius 2 is 2.27 bits per heavy atom. The fourth-order valence-corrected chi connectivity index (χ4v) is 1.25. The van der Waals surface area contributed by atoms with Gasteiger partial charge in [0.05, 0.1) is 6.20 Å². The van der Waals surface area contributed by atoms with Gasteiger partial charge in [0, 0.05) is 11.8 Å². The number of benzene rings is 1. The standard InChI is InChI=1S/C9H8N4OS/c14-7-3-1-2-6(4-7)11-8-5-10-13-9(15)12-8/h1-5,14H,(H2,11,12,13,15). The summed E-state index contributed by atoms with van der Waals surface area (Å²) < 4.78 is 0.306. The Balaban J connectivity index is 2.26. The number of H-pyrrole nitrogens is 1. The molecule has 1 aromatic carbocycles. The summed E-state index contributed by atoms with van der Waals surface area (Å²) in [5, 5.41) is 18.5. The van der Waals surface area contributed by atoms with Crippen molar-refractivity contribution in [3.05, 3.63) is 35.2 Å². The molecule has 0 amide bonds. The molecule has 0 saturated carbocycles. The zero-order valence-electron chi connectivity index (χ0n) is 7.64. The van der Waals surface area contributed by atoms with Gasteiger partial charge >= 0.3 is 0 Å². The average molecular weight is 220 g/mol. The van der Waals surface area contributed by atoms with Crippen LogP contribution in [-0.4, -0.2) is 20.3 Å². The minimum atomic E-state index is 0.189. The number of nitrogens with zero attached hydrogens (tertiary/aromatic N) is 2. The third-order valence-electron chi connectivity index (χ3n) is 1.69. The molecular formula is C9H8N4OS. The van der Waals surface area contributed by atoms with Crippen LogP contribution in [0.3, 0.4) is 0 Å². The van der Waals surface area contributed by atoms with Gasteiger partial charge in [-0.25, -0.2) is 0 Å². The first-order valence-electron chi connectivity index (χ1n) is 4.22. The number of anilines is 2. The van der Waals surface area contributed by atoms with E-state index in [1.807, 2.05) is 0 Å². The first kappa shape index (κ1) is 9.60. The zero-order valence-corrected chi connectivity index (χ0v) is 8.45. The van der Waals surface area contributed by atoms with Crippen LogP contribution in [0.15, 0.2) is 30.5 Å². The maximum atomic E-state index is 9.24. The second-order valence-electron chi connectivity index (χ2n) is 2.85. The van der Waals surface area contributed by atoms with Gasteiger partial charge in [-0.05, 0) is 24.4 Å². The van der Waals surface area contributed by atoms with Crippen molar-refractivity contribution >= 4 is 23.7 Å². The highest BCUT2D eigenvalue weighted by molar-refractivity contribution is 7.71. The van der Waals surface area contributed by atoms with Crippen LogP contribution in [-0.2, 0) is 0 Å². The molecule has 0 bridgehead atoms. The third-order valence-corrected chi connectivity index (χ3v) is 1.87. The number of nitrogens with one attached hydrogen (secondary N) is 2. The van der Waals surface area contributed by atoms with Gasteiger partial charge < -0.3 is 10.4 Å². The summed E-state index contributed by atoms with van der Waals surface area (Å²) >= 11 is 4.82. The van der Waals surface area contributed by atoms with Gasteiger partial charge in [-0.1, -0.05) is 6.07 Å². The molecule has 2 aromatic rings. The summed E-state index contributed by atoms with van der Waals surface area (Å²) in [6.45, 7) is 0. The molecule has 0 saturated heterocycles. The predicted octanol–water partition coefficient (Wildman–Crippen LogP) is 1.98. The third kappa shape index (κ3) is 2.50. The van der Waals surface area contributed by atoms with E-state index in [0.29, 0.717) is 10.6 Å². The first-order chi connectivity index (χ1) is 7.24. The Bertz CT molecular complexity index is 525. The number of hydrogen-bond donors (Lipinski definition) is 3. The molecule has 15 heavy (non-hydrogen) atoms. The molecule has 76 valence electrons. The highest BCUT2D eigenvalue weighted by Gasteiger charge is 1.96. The molecule has 0 fully saturated rings. The predicted molar refractivity (Wildman–Crippen MR) is 58.6 cm³/mol. The van der Waals surface area contributed by atoms with Crippen LogP contribution in [0.5, 0.6) is 5.75 Å². The lowest BCUT2D eigenvalue weighted by atomic mass is 10.3. The van der Waals surface area contributed by atoms with Crippen molar-refractivity contribution in [2.75, 3.05) is 5.32 Å². The van der Waals surface area contributed by atoms with Gasteiger partial charge in [0.25, 0.3) is 0 Å². The van der Waals surface area contributed by atoms with Crippen LogP contribution < -0.4 is 5.32 Å². The number of aromatic amines is 1. The van der Waals surface area contributed by atoms with Crippen molar-refractivity contribution < 1.29 is 5.11 Å². The molecular weight excluding hydrogens is 212 g/mol. The second-order valence-corrected chi connectivity index (χ2v) is 3.23. The van der Waals surface area contributed by atoms with Crippen molar-refractivity contribution in [1.82, 2.24) is 15.2 Å². The molecule has 0 atom stereocenters. The van der Waals surface area contributed by atoms with Gasteiger partial charge in [-0.3, -0.25) is 5.10 Å². The van der Waals surface area contributed by atoms with Gasteiger partial charge in [0.2, 0.25) is 4.77 Å². The molecule has 0 aliphatic carbocycles. The van der Waals surface area contributed by atoms with E-state index in [1.165, 1.54) is 6.20 Å². The van der Waals surface area contributed by atoms with Crippen LogP contribution >= 0.6 is 12.2 Å². The van der Waals surface area contributed by atoms with Crippen molar-refractivity contribution in [1.29, 1.82) is 0 Å². The molecule has 3 N–H and O–H groups in total. The zero-order chi connectivity index (χ0) is 10.7. The Hall–Kier alpha value is -1.95. The van der Waals surface area contributed by atoms with Crippen LogP contribution in [0.25, 0.3) is 0 Å². The van der Waals surface area contributed by atoms with Gasteiger partial charge in [-0.2, -0.15) is 10.1 Å². The normalized spacial score (nSPS) is 9.87. The lowest BCUT2D eigenvalue weighted by Crippen LogP contribution is -1.96. The van der Waals surface area contributed by atoms with Crippen molar-refractivity contribution in [3.8, 4) is 5.75 Å². The molecule has 5 nitrogen and oxygen atoms in total. The van der Waals surface area contributed by atoms with Crippen LogP contribution in [0.1, 0.15) is 0 Å². The molecule has 0 radical (unpaired) electrons. The van der Waals surface area contributed by atoms with E-state index < -0.39 is 0 Å². The van der Waals surface area contributed by atoms with E-state index in [-0.39, 0.29) is 5.75 Å². The molecule has 0 aliphatic heterocycles. The lowest BCUT2D eigenvalue weighted by molar-refractivity contribution is 0.475. The SMILES string of the molecule is Oc1cccc(Nc2cn[nH]c(=S)n2)c1. The van der Waals surface area contributed by atoms with Crippen molar-refractivity contribution in [2.45, 2.75) is 0 Å². The van der Waals surface area contributed by atoms with Crippen LogP contribution in [0.4, 0.5) is 11.5 Å². The number of phenols is 1. The molecule has 6 heteroatoms. The Morgan fingerprint density at radius 3 is 3.00 bits per heavy atom. The topological polar surface area (TPSA) is 73.8 Å². The maximum Gasteiger partial charge on any atom is 0.215 e. The van der Waals surface area contributed by atoms with E-state index in [9.17, 15) is 5.11 Å². The number of phenolic OH excluding ortho intramolecular Hbond substituents is 1. The summed E-state index contributed by atoms with van der Waals surface area (Å²) in [7, 11) is 0. The van der Waals surface area contributed by atoms with Gasteiger partial charge in [0.1, 0.15) is 5.75 Å². The Morgan fingerprint density at radius 1 is 1.40 bits per heavy atom. The minimum Gasteiger partial charge on any atom is -0.508 e. The van der Waals surface area contributed by atoms with E-state index >= 15 is 0 Å². The summed E-state index contributed by atoms with van der Waals surface area (Å²) in [6.07, 6.45) is 1.51. The minimum absolute atomic E-state index is 0.189. The van der Waals surface area contributed by atoms with E-state index in [4.69, 9.17) is 12.2 Å². The molecule has 1 aromatic heterocycles. The largest absolute Gasteiger partial charge is 0.508 e. The highest BCUT2D eigenvalue weighted by atomic mass is 32.1. The molecule has 0 spiro atoms. The highest BCUT2D eigenvalue weighted by Crippen LogP contribution is 2.18. The quantitative estimate of drug-likeness (QED) is 0.675. The lowest BCUT2D eigenvalue weighted by Gasteiger charge is -2.04. The summed E-state index contributed by atoms with van der Waals surface area (Å²) in [5.41, 5.74) is 0.727. The average Bonchev–Trinajstić information content (AvgIpc) is 2.17. The van der Waals surface area contributed by atoms with Crippen molar-refractivity contribution in [3.63, 3.8) is 0 Å². The van der Waals surface area contributed by atoms with Crippen LogP contribution in [0, 0.1) is 4.77 Å². The monoisotopic (exact) mass is 220 g/mol. The molecule has 2 rings (SSSR count). The second kappa shape index (κ2) is 4.05. The summed E-state index contributed by atoms with van der Waals surface area (Å²) in [6, 6.07) is 6.71. The number of aromatic hydroxyl groups is 1. The van der Waals surface area contributed by atoms with Crippen LogP contribution in [0.2, 0.25) is 0 Å². The maximum absolute atomic E-state index is 9.24. The fraction of sp³-hybridized carbons (Fsp3) is 0. The summed E-state index contributed by atoms with van der Waals surface area (Å²) in [4.78, 5) is 4.00.